The van der Waals surface area contributed by atoms with E-state index < -0.39 is 0 Å². The molecule has 2 N–H and O–H groups in total. The first kappa shape index (κ1) is 13.6. The first-order chi connectivity index (χ1) is 8.75. The van der Waals surface area contributed by atoms with Crippen molar-refractivity contribution in [3.05, 3.63) is 58.8 Å². The van der Waals surface area contributed by atoms with Crippen molar-refractivity contribution in [2.45, 2.75) is 17.4 Å². The smallest absolute Gasteiger partial charge is 0.0311 e. The fourth-order valence-corrected chi connectivity index (χ4v) is 3.16. The van der Waals surface area contributed by atoms with Gasteiger partial charge in [-0.15, -0.1) is 11.8 Å². The largest absolute Gasteiger partial charge is 0.327 e. The Hall–Kier alpha value is -0.840. The molecule has 1 aromatic carbocycles. The number of thioether (sulfide) groups is 1. The summed E-state index contributed by atoms with van der Waals surface area (Å²) in [6.45, 7) is 0. The molecule has 18 heavy (non-hydrogen) atoms. The molecular weight excluding hydrogens is 308 g/mol. The molecule has 0 bridgehead atoms. The molecule has 1 heterocycles. The molecule has 0 saturated carbocycles. The second-order valence-electron chi connectivity index (χ2n) is 4.07. The lowest BCUT2D eigenvalue weighted by molar-refractivity contribution is 0.746. The molecule has 2 aromatic rings. The van der Waals surface area contributed by atoms with E-state index in [1.165, 1.54) is 10.5 Å². The highest BCUT2D eigenvalue weighted by Crippen LogP contribution is 2.27. The van der Waals surface area contributed by atoms with E-state index in [2.05, 4.69) is 39.1 Å². The number of hydrogen-bond donors (Lipinski definition) is 1. The molecule has 94 valence electrons. The Balaban J connectivity index is 1.86. The molecule has 1 unspecified atom stereocenters. The zero-order valence-electron chi connectivity index (χ0n) is 9.92. The summed E-state index contributed by atoms with van der Waals surface area (Å²) in [6, 6.07) is 12.4. The van der Waals surface area contributed by atoms with Gasteiger partial charge in [-0.3, -0.25) is 4.98 Å². The predicted octanol–water partition coefficient (Wildman–Crippen LogP) is 3.51. The lowest BCUT2D eigenvalue weighted by atomic mass is 10.1. The molecule has 2 rings (SSSR count). The van der Waals surface area contributed by atoms with Gasteiger partial charge in [-0.2, -0.15) is 0 Å². The summed E-state index contributed by atoms with van der Waals surface area (Å²) in [5.41, 5.74) is 7.33. The van der Waals surface area contributed by atoms with Crippen LogP contribution in [-0.2, 0) is 6.42 Å². The molecule has 1 atom stereocenters. The van der Waals surface area contributed by atoms with E-state index in [0.717, 1.165) is 16.6 Å². The standard InChI is InChI=1S/C14H15BrN2S/c15-13-5-1-2-6-14(13)18-10-12(16)8-11-4-3-7-17-9-11/h1-7,9,12H,8,10,16H2. The highest BCUT2D eigenvalue weighted by molar-refractivity contribution is 9.10. The molecular formula is C14H15BrN2S. The molecule has 0 fully saturated rings. The van der Waals surface area contributed by atoms with Gasteiger partial charge in [0.25, 0.3) is 0 Å². The number of aromatic nitrogens is 1. The summed E-state index contributed by atoms with van der Waals surface area (Å²) < 4.78 is 1.13. The average molecular weight is 323 g/mol. The van der Waals surface area contributed by atoms with Crippen LogP contribution in [0.2, 0.25) is 0 Å². The Bertz CT molecular complexity index is 490. The van der Waals surface area contributed by atoms with Gasteiger partial charge in [0.2, 0.25) is 0 Å². The van der Waals surface area contributed by atoms with Crippen molar-refractivity contribution >= 4 is 27.7 Å². The van der Waals surface area contributed by atoms with Crippen LogP contribution in [0.25, 0.3) is 0 Å². The van der Waals surface area contributed by atoms with Crippen LogP contribution in [0.1, 0.15) is 5.56 Å². The van der Waals surface area contributed by atoms with Crippen molar-refractivity contribution < 1.29 is 0 Å². The zero-order chi connectivity index (χ0) is 12.8. The maximum atomic E-state index is 6.14. The first-order valence-corrected chi connectivity index (χ1v) is 7.55. The van der Waals surface area contributed by atoms with Crippen LogP contribution in [0.4, 0.5) is 0 Å². The van der Waals surface area contributed by atoms with Crippen LogP contribution < -0.4 is 5.73 Å². The third kappa shape index (κ3) is 4.12. The average Bonchev–Trinajstić information content (AvgIpc) is 2.39. The molecule has 1 aromatic heterocycles. The molecule has 0 radical (unpaired) electrons. The molecule has 0 amide bonds. The van der Waals surface area contributed by atoms with Crippen LogP contribution in [-0.4, -0.2) is 16.8 Å². The van der Waals surface area contributed by atoms with Gasteiger partial charge in [-0.05, 0) is 46.1 Å². The van der Waals surface area contributed by atoms with Gasteiger partial charge in [0, 0.05) is 33.6 Å². The van der Waals surface area contributed by atoms with Crippen molar-refractivity contribution in [3.8, 4) is 0 Å². The van der Waals surface area contributed by atoms with Crippen molar-refractivity contribution in [2.24, 2.45) is 5.73 Å². The number of nitrogens with zero attached hydrogens (tertiary/aromatic N) is 1. The molecule has 0 aliphatic heterocycles. The first-order valence-electron chi connectivity index (χ1n) is 5.77. The third-order valence-corrected chi connectivity index (χ3v) is 4.73. The van der Waals surface area contributed by atoms with E-state index in [-0.39, 0.29) is 6.04 Å². The van der Waals surface area contributed by atoms with Crippen molar-refractivity contribution in [3.63, 3.8) is 0 Å². The summed E-state index contributed by atoms with van der Waals surface area (Å²) in [5.74, 6) is 0.900. The van der Waals surface area contributed by atoms with Crippen LogP contribution in [0.15, 0.2) is 58.2 Å². The van der Waals surface area contributed by atoms with Gasteiger partial charge >= 0.3 is 0 Å². The second kappa shape index (κ2) is 6.92. The van der Waals surface area contributed by atoms with Gasteiger partial charge in [-0.25, -0.2) is 0 Å². The lowest BCUT2D eigenvalue weighted by Gasteiger charge is -2.11. The molecule has 4 heteroatoms. The molecule has 0 aliphatic rings. The van der Waals surface area contributed by atoms with Crippen LogP contribution >= 0.6 is 27.7 Å². The van der Waals surface area contributed by atoms with Gasteiger partial charge in [0.15, 0.2) is 0 Å². The predicted molar refractivity (Wildman–Crippen MR) is 80.8 cm³/mol. The Morgan fingerprint density at radius 1 is 1.22 bits per heavy atom. The highest BCUT2D eigenvalue weighted by atomic mass is 79.9. The normalized spacial score (nSPS) is 12.3. The fraction of sp³-hybridized carbons (Fsp3) is 0.214. The third-order valence-electron chi connectivity index (χ3n) is 2.51. The van der Waals surface area contributed by atoms with Gasteiger partial charge in [-0.1, -0.05) is 18.2 Å². The van der Waals surface area contributed by atoms with Crippen LogP contribution in [0.3, 0.4) is 0 Å². The Morgan fingerprint density at radius 2 is 2.06 bits per heavy atom. The minimum Gasteiger partial charge on any atom is -0.327 e. The van der Waals surface area contributed by atoms with Crippen molar-refractivity contribution in [1.82, 2.24) is 4.98 Å². The summed E-state index contributed by atoms with van der Waals surface area (Å²) in [5, 5.41) is 0. The molecule has 0 saturated heterocycles. The minimum absolute atomic E-state index is 0.145. The number of halogens is 1. The minimum atomic E-state index is 0.145. The Labute approximate surface area is 120 Å². The maximum absolute atomic E-state index is 6.14. The topological polar surface area (TPSA) is 38.9 Å². The van der Waals surface area contributed by atoms with E-state index in [1.807, 2.05) is 24.4 Å². The fourth-order valence-electron chi connectivity index (χ4n) is 1.64. The van der Waals surface area contributed by atoms with Crippen molar-refractivity contribution in [1.29, 1.82) is 0 Å². The zero-order valence-corrected chi connectivity index (χ0v) is 12.3. The summed E-state index contributed by atoms with van der Waals surface area (Å²) in [6.07, 6.45) is 4.53. The van der Waals surface area contributed by atoms with Gasteiger partial charge < -0.3 is 5.73 Å². The summed E-state index contributed by atoms with van der Waals surface area (Å²) >= 11 is 5.32. The van der Waals surface area contributed by atoms with E-state index >= 15 is 0 Å². The number of nitrogens with two attached hydrogens (primary N) is 1. The lowest BCUT2D eigenvalue weighted by Crippen LogP contribution is -2.25. The van der Waals surface area contributed by atoms with E-state index in [1.54, 1.807) is 18.0 Å². The number of rotatable bonds is 5. The quantitative estimate of drug-likeness (QED) is 0.856. The maximum Gasteiger partial charge on any atom is 0.0311 e. The SMILES string of the molecule is NC(CSc1ccccc1Br)Cc1cccnc1. The van der Waals surface area contributed by atoms with E-state index in [0.29, 0.717) is 0 Å². The second-order valence-corrected chi connectivity index (χ2v) is 5.98. The molecule has 0 aliphatic carbocycles. The van der Waals surface area contributed by atoms with Gasteiger partial charge in [0.1, 0.15) is 0 Å². The Morgan fingerprint density at radius 3 is 2.78 bits per heavy atom. The highest BCUT2D eigenvalue weighted by Gasteiger charge is 2.06. The number of hydrogen-bond acceptors (Lipinski definition) is 3. The summed E-state index contributed by atoms with van der Waals surface area (Å²) in [4.78, 5) is 5.34. The monoisotopic (exact) mass is 322 g/mol. The summed E-state index contributed by atoms with van der Waals surface area (Å²) in [7, 11) is 0. The molecule has 0 spiro atoms. The van der Waals surface area contributed by atoms with E-state index in [9.17, 15) is 0 Å². The van der Waals surface area contributed by atoms with Gasteiger partial charge in [0.05, 0.1) is 0 Å². The van der Waals surface area contributed by atoms with Crippen LogP contribution in [0, 0.1) is 0 Å². The Kier molecular flexibility index (Phi) is 5.23. The number of benzene rings is 1. The van der Waals surface area contributed by atoms with Crippen molar-refractivity contribution in [2.75, 3.05) is 5.75 Å². The van der Waals surface area contributed by atoms with E-state index in [4.69, 9.17) is 5.73 Å². The molecule has 2 nitrogen and oxygen atoms in total. The number of pyridine rings is 1. The van der Waals surface area contributed by atoms with Crippen LogP contribution in [0.5, 0.6) is 0 Å².